The second kappa shape index (κ2) is 9.69. The highest BCUT2D eigenvalue weighted by Crippen LogP contribution is 2.24. The summed E-state index contributed by atoms with van der Waals surface area (Å²) in [6.45, 7) is 7.06. The maximum absolute atomic E-state index is 12.8. The normalized spacial score (nSPS) is 16.4. The lowest BCUT2D eigenvalue weighted by Gasteiger charge is -2.33. The summed E-state index contributed by atoms with van der Waals surface area (Å²) in [7, 11) is 0. The Morgan fingerprint density at radius 1 is 1.17 bits per heavy atom. The first-order valence-corrected chi connectivity index (χ1v) is 9.75. The van der Waals surface area contributed by atoms with Gasteiger partial charge in [-0.1, -0.05) is 30.3 Å². The molecule has 0 radical (unpaired) electrons. The molecule has 6 heteroatoms. The van der Waals surface area contributed by atoms with E-state index in [1.807, 2.05) is 55.9 Å². The first-order valence-electron chi connectivity index (χ1n) is 8.59. The zero-order chi connectivity index (χ0) is 17.4. The van der Waals surface area contributed by atoms with Crippen molar-refractivity contribution in [3.8, 4) is 0 Å². The second-order valence-corrected chi connectivity index (χ2v) is 6.97. The highest BCUT2D eigenvalue weighted by atomic mass is 32.2. The minimum absolute atomic E-state index is 0.0330. The van der Waals surface area contributed by atoms with E-state index in [9.17, 15) is 9.59 Å². The number of likely N-dealkylation sites (N-methyl/N-ethyl adjacent to an activating group) is 1. The highest BCUT2D eigenvalue weighted by Gasteiger charge is 2.29. The van der Waals surface area contributed by atoms with E-state index >= 15 is 0 Å². The topological polar surface area (TPSA) is 52.7 Å². The molecule has 1 aliphatic rings. The molecular weight excluding hydrogens is 322 g/mol. The summed E-state index contributed by atoms with van der Waals surface area (Å²) in [5, 5.41) is 2.85. The quantitative estimate of drug-likeness (QED) is 0.815. The molecule has 2 amide bonds. The lowest BCUT2D eigenvalue weighted by molar-refractivity contribution is -0.134. The molecule has 2 rings (SSSR count). The van der Waals surface area contributed by atoms with Crippen molar-refractivity contribution in [3.05, 3.63) is 35.9 Å². The molecule has 0 aliphatic carbocycles. The van der Waals surface area contributed by atoms with Gasteiger partial charge in [-0.25, -0.2) is 0 Å². The maximum atomic E-state index is 12.8. The van der Waals surface area contributed by atoms with E-state index in [0.717, 1.165) is 30.2 Å². The summed E-state index contributed by atoms with van der Waals surface area (Å²) in [4.78, 5) is 28.9. The van der Waals surface area contributed by atoms with Crippen molar-refractivity contribution in [2.75, 3.05) is 44.2 Å². The molecule has 132 valence electrons. The fourth-order valence-corrected chi connectivity index (χ4v) is 3.88. The number of nitrogens with zero attached hydrogens (tertiary/aromatic N) is 2. The van der Waals surface area contributed by atoms with Gasteiger partial charge in [0.2, 0.25) is 11.8 Å². The van der Waals surface area contributed by atoms with Gasteiger partial charge in [0.05, 0.1) is 6.54 Å². The Hall–Kier alpha value is -1.53. The lowest BCUT2D eigenvalue weighted by atomic mass is 10.0. The maximum Gasteiger partial charge on any atom is 0.242 e. The van der Waals surface area contributed by atoms with Gasteiger partial charge in [-0.3, -0.25) is 14.5 Å². The number of benzene rings is 1. The molecule has 0 unspecified atom stereocenters. The van der Waals surface area contributed by atoms with Gasteiger partial charge in [0, 0.05) is 37.7 Å². The summed E-state index contributed by atoms with van der Waals surface area (Å²) < 4.78 is 0. The Labute approximate surface area is 148 Å². The fraction of sp³-hybridized carbons (Fsp3) is 0.556. The van der Waals surface area contributed by atoms with E-state index in [0.29, 0.717) is 13.1 Å². The van der Waals surface area contributed by atoms with Crippen LogP contribution in [0.15, 0.2) is 30.3 Å². The van der Waals surface area contributed by atoms with Crippen molar-refractivity contribution in [3.63, 3.8) is 0 Å². The van der Waals surface area contributed by atoms with E-state index in [2.05, 4.69) is 10.2 Å². The number of thioether (sulfide) groups is 1. The predicted octanol–water partition coefficient (Wildman–Crippen LogP) is 1.76. The monoisotopic (exact) mass is 349 g/mol. The Kier molecular flexibility index (Phi) is 7.59. The van der Waals surface area contributed by atoms with Crippen molar-refractivity contribution >= 4 is 23.6 Å². The number of amides is 2. The van der Waals surface area contributed by atoms with Gasteiger partial charge in [-0.15, -0.1) is 0 Å². The van der Waals surface area contributed by atoms with Crippen LogP contribution in [-0.2, 0) is 9.59 Å². The molecule has 1 atom stereocenters. The van der Waals surface area contributed by atoms with Crippen LogP contribution >= 0.6 is 11.8 Å². The minimum atomic E-state index is -0.323. The Bertz CT molecular complexity index is 528. The second-order valence-electron chi connectivity index (χ2n) is 5.75. The third-order valence-electron chi connectivity index (χ3n) is 4.30. The Morgan fingerprint density at radius 2 is 1.79 bits per heavy atom. The summed E-state index contributed by atoms with van der Waals surface area (Å²) in [5.41, 5.74) is 0.984. The van der Waals surface area contributed by atoms with E-state index in [1.54, 1.807) is 4.90 Å². The molecule has 5 nitrogen and oxygen atoms in total. The van der Waals surface area contributed by atoms with Crippen molar-refractivity contribution in [2.45, 2.75) is 19.9 Å². The summed E-state index contributed by atoms with van der Waals surface area (Å²) in [6.07, 6.45) is 0. The highest BCUT2D eigenvalue weighted by molar-refractivity contribution is 7.99. The lowest BCUT2D eigenvalue weighted by Crippen LogP contribution is -2.47. The fourth-order valence-electron chi connectivity index (χ4n) is 2.95. The smallest absolute Gasteiger partial charge is 0.242 e. The molecular formula is C18H27N3O2S. The molecule has 0 bridgehead atoms. The van der Waals surface area contributed by atoms with Crippen LogP contribution in [-0.4, -0.2) is 65.8 Å². The number of carbonyl (C=O) groups excluding carboxylic acids is 2. The van der Waals surface area contributed by atoms with Crippen LogP contribution in [0.1, 0.15) is 25.5 Å². The van der Waals surface area contributed by atoms with Gasteiger partial charge in [-0.2, -0.15) is 11.8 Å². The van der Waals surface area contributed by atoms with Gasteiger partial charge in [0.1, 0.15) is 6.04 Å². The standard InChI is InChI=1S/C18H27N3O2S/c1-3-20(4-2)16(22)14-19-18(23)17(15-8-6-5-7-9-15)21-10-12-24-13-11-21/h5-9,17H,3-4,10-14H2,1-2H3,(H,19,23)/t17-/m0/s1. The molecule has 1 aromatic carbocycles. The summed E-state index contributed by atoms with van der Waals surface area (Å²) in [5.74, 6) is 1.95. The van der Waals surface area contributed by atoms with Gasteiger partial charge in [-0.05, 0) is 19.4 Å². The molecule has 1 aliphatic heterocycles. The van der Waals surface area contributed by atoms with Crippen molar-refractivity contribution < 1.29 is 9.59 Å². The number of nitrogens with one attached hydrogen (secondary N) is 1. The number of carbonyl (C=O) groups is 2. The molecule has 0 saturated carbocycles. The van der Waals surface area contributed by atoms with Crippen LogP contribution in [0.4, 0.5) is 0 Å². The third kappa shape index (κ3) is 4.98. The zero-order valence-corrected chi connectivity index (χ0v) is 15.3. The molecule has 24 heavy (non-hydrogen) atoms. The first kappa shape index (κ1) is 18.8. The number of rotatable bonds is 7. The molecule has 1 aromatic rings. The van der Waals surface area contributed by atoms with E-state index in [1.165, 1.54) is 0 Å². The molecule has 0 spiro atoms. The molecule has 1 heterocycles. The van der Waals surface area contributed by atoms with Crippen molar-refractivity contribution in [2.24, 2.45) is 0 Å². The van der Waals surface area contributed by atoms with Gasteiger partial charge >= 0.3 is 0 Å². The Balaban J connectivity index is 2.06. The van der Waals surface area contributed by atoms with Gasteiger partial charge < -0.3 is 10.2 Å². The SMILES string of the molecule is CCN(CC)C(=O)CNC(=O)[C@H](c1ccccc1)N1CCSCC1. The largest absolute Gasteiger partial charge is 0.345 e. The molecule has 0 aromatic heterocycles. The van der Waals surface area contributed by atoms with Crippen LogP contribution in [0.2, 0.25) is 0 Å². The van der Waals surface area contributed by atoms with Crippen LogP contribution in [0.5, 0.6) is 0 Å². The van der Waals surface area contributed by atoms with Crippen LogP contribution in [0.3, 0.4) is 0 Å². The molecule has 1 fully saturated rings. The average Bonchev–Trinajstić information content (AvgIpc) is 2.63. The Morgan fingerprint density at radius 3 is 2.38 bits per heavy atom. The molecule has 1 saturated heterocycles. The molecule has 1 N–H and O–H groups in total. The van der Waals surface area contributed by atoms with Crippen molar-refractivity contribution in [1.82, 2.24) is 15.1 Å². The van der Waals surface area contributed by atoms with Crippen molar-refractivity contribution in [1.29, 1.82) is 0 Å². The van der Waals surface area contributed by atoms with E-state index < -0.39 is 0 Å². The van der Waals surface area contributed by atoms with Gasteiger partial charge in [0.25, 0.3) is 0 Å². The van der Waals surface area contributed by atoms with Crippen LogP contribution in [0, 0.1) is 0 Å². The van der Waals surface area contributed by atoms with Crippen LogP contribution in [0.25, 0.3) is 0 Å². The third-order valence-corrected chi connectivity index (χ3v) is 5.25. The number of hydrogen-bond acceptors (Lipinski definition) is 4. The van der Waals surface area contributed by atoms with E-state index in [-0.39, 0.29) is 24.4 Å². The summed E-state index contributed by atoms with van der Waals surface area (Å²) >= 11 is 1.92. The predicted molar refractivity (Wildman–Crippen MR) is 99.0 cm³/mol. The number of hydrogen-bond donors (Lipinski definition) is 1. The van der Waals surface area contributed by atoms with Gasteiger partial charge in [0.15, 0.2) is 0 Å². The first-order chi connectivity index (χ1) is 11.7. The average molecular weight is 350 g/mol. The minimum Gasteiger partial charge on any atom is -0.345 e. The summed E-state index contributed by atoms with van der Waals surface area (Å²) in [6, 6.07) is 9.51. The van der Waals surface area contributed by atoms with E-state index in [4.69, 9.17) is 0 Å². The zero-order valence-electron chi connectivity index (χ0n) is 14.5. The van der Waals surface area contributed by atoms with Crippen LogP contribution < -0.4 is 5.32 Å².